The van der Waals surface area contributed by atoms with Crippen molar-refractivity contribution in [3.05, 3.63) is 97.2 Å². The highest BCUT2D eigenvalue weighted by molar-refractivity contribution is 6.62. The summed E-state index contributed by atoms with van der Waals surface area (Å²) in [5.74, 6) is 0. The predicted molar refractivity (Wildman–Crippen MR) is 136 cm³/mol. The Hall–Kier alpha value is -3.21. The first kappa shape index (κ1) is 21.6. The predicted octanol–water partition coefficient (Wildman–Crippen LogP) is 6.38. The standard InChI is InChI=1S/C29H28BNO2/c1-28(2)29(3,4)33-30(32-28)26-12-8-10-24(20-26)22-16-14-21(15-17-22)23-9-7-11-25(19-23)27-13-5-6-18-31-27/h5-20H,1-4H3. The Kier molecular flexibility index (Phi) is 5.44. The maximum Gasteiger partial charge on any atom is 0.494 e. The zero-order valence-electron chi connectivity index (χ0n) is 19.6. The zero-order chi connectivity index (χ0) is 23.1. The number of pyridine rings is 1. The molecule has 1 aliphatic rings. The lowest BCUT2D eigenvalue weighted by Crippen LogP contribution is -2.41. The van der Waals surface area contributed by atoms with Crippen LogP contribution in [0.25, 0.3) is 33.5 Å². The minimum absolute atomic E-state index is 0.348. The third-order valence-electron chi connectivity index (χ3n) is 6.79. The van der Waals surface area contributed by atoms with Crippen LogP contribution >= 0.6 is 0 Å². The van der Waals surface area contributed by atoms with Gasteiger partial charge in [0.05, 0.1) is 16.9 Å². The number of hydrogen-bond acceptors (Lipinski definition) is 3. The van der Waals surface area contributed by atoms with Gasteiger partial charge in [-0.2, -0.15) is 0 Å². The molecule has 0 spiro atoms. The van der Waals surface area contributed by atoms with Crippen LogP contribution in [0.2, 0.25) is 0 Å². The molecule has 5 rings (SSSR count). The first-order chi connectivity index (χ1) is 15.8. The SMILES string of the molecule is CC1(C)OB(c2cccc(-c3ccc(-c4cccc(-c5ccccn5)c4)cc3)c2)OC1(C)C. The third kappa shape index (κ3) is 4.24. The second kappa shape index (κ2) is 8.29. The molecule has 1 saturated heterocycles. The summed E-state index contributed by atoms with van der Waals surface area (Å²) in [6, 6.07) is 31.6. The zero-order valence-corrected chi connectivity index (χ0v) is 19.6. The summed E-state index contributed by atoms with van der Waals surface area (Å²) in [5, 5.41) is 0. The fourth-order valence-electron chi connectivity index (χ4n) is 4.09. The number of aromatic nitrogens is 1. The molecular formula is C29H28BNO2. The van der Waals surface area contributed by atoms with Crippen molar-refractivity contribution in [1.82, 2.24) is 4.98 Å². The monoisotopic (exact) mass is 433 g/mol. The van der Waals surface area contributed by atoms with Crippen LogP contribution in [-0.2, 0) is 9.31 Å². The van der Waals surface area contributed by atoms with Gasteiger partial charge in [-0.3, -0.25) is 4.98 Å². The number of nitrogens with zero attached hydrogens (tertiary/aromatic N) is 1. The van der Waals surface area contributed by atoms with Crippen molar-refractivity contribution in [3.63, 3.8) is 0 Å². The number of hydrogen-bond donors (Lipinski definition) is 0. The molecule has 0 N–H and O–H groups in total. The van der Waals surface area contributed by atoms with Gasteiger partial charge in [0.2, 0.25) is 0 Å². The molecule has 0 radical (unpaired) electrons. The maximum absolute atomic E-state index is 6.24. The lowest BCUT2D eigenvalue weighted by atomic mass is 9.78. The van der Waals surface area contributed by atoms with E-state index in [1.807, 2.05) is 24.4 Å². The Morgan fingerprint density at radius 2 is 1.15 bits per heavy atom. The van der Waals surface area contributed by atoms with Gasteiger partial charge in [0.1, 0.15) is 0 Å². The Morgan fingerprint density at radius 3 is 1.76 bits per heavy atom. The minimum atomic E-state index is -0.358. The molecule has 2 heterocycles. The Labute approximate surface area is 196 Å². The average Bonchev–Trinajstić information content (AvgIpc) is 3.07. The van der Waals surface area contributed by atoms with Crippen LogP contribution in [0, 0.1) is 0 Å². The highest BCUT2D eigenvalue weighted by Crippen LogP contribution is 2.36. The van der Waals surface area contributed by atoms with Crippen molar-refractivity contribution in [2.45, 2.75) is 38.9 Å². The van der Waals surface area contributed by atoms with Crippen LogP contribution < -0.4 is 5.46 Å². The number of rotatable bonds is 4. The Bertz CT molecular complexity index is 1250. The highest BCUT2D eigenvalue weighted by Gasteiger charge is 2.51. The van der Waals surface area contributed by atoms with Crippen LogP contribution in [0.3, 0.4) is 0 Å². The molecule has 0 atom stereocenters. The molecule has 4 aromatic rings. The van der Waals surface area contributed by atoms with E-state index in [9.17, 15) is 0 Å². The Balaban J connectivity index is 1.40. The van der Waals surface area contributed by atoms with E-state index in [2.05, 4.69) is 105 Å². The summed E-state index contributed by atoms with van der Waals surface area (Å²) in [6.07, 6.45) is 1.83. The van der Waals surface area contributed by atoms with Crippen molar-refractivity contribution in [2.75, 3.05) is 0 Å². The Morgan fingerprint density at radius 1 is 0.576 bits per heavy atom. The maximum atomic E-state index is 6.24. The van der Waals surface area contributed by atoms with E-state index in [1.54, 1.807) is 0 Å². The second-order valence-corrected chi connectivity index (χ2v) is 9.59. The molecule has 164 valence electrons. The fourth-order valence-corrected chi connectivity index (χ4v) is 4.09. The quantitative estimate of drug-likeness (QED) is 0.350. The van der Waals surface area contributed by atoms with E-state index < -0.39 is 0 Å². The van der Waals surface area contributed by atoms with Gasteiger partial charge in [0.25, 0.3) is 0 Å². The van der Waals surface area contributed by atoms with Gasteiger partial charge in [-0.1, -0.05) is 72.8 Å². The third-order valence-corrected chi connectivity index (χ3v) is 6.79. The van der Waals surface area contributed by atoms with Crippen LogP contribution in [0.15, 0.2) is 97.2 Å². The highest BCUT2D eigenvalue weighted by atomic mass is 16.7. The molecule has 0 saturated carbocycles. The molecule has 0 unspecified atom stereocenters. The summed E-state index contributed by atoms with van der Waals surface area (Å²) in [4.78, 5) is 4.48. The molecule has 1 aliphatic heterocycles. The molecule has 0 aliphatic carbocycles. The molecule has 33 heavy (non-hydrogen) atoms. The van der Waals surface area contributed by atoms with E-state index >= 15 is 0 Å². The fraction of sp³-hybridized carbons (Fsp3) is 0.207. The molecule has 3 nitrogen and oxygen atoms in total. The average molecular weight is 433 g/mol. The van der Waals surface area contributed by atoms with E-state index in [-0.39, 0.29) is 18.3 Å². The summed E-state index contributed by atoms with van der Waals surface area (Å²) < 4.78 is 12.5. The number of benzene rings is 3. The van der Waals surface area contributed by atoms with Crippen LogP contribution in [0.4, 0.5) is 0 Å². The van der Waals surface area contributed by atoms with Crippen molar-refractivity contribution in [1.29, 1.82) is 0 Å². The molecule has 0 amide bonds. The lowest BCUT2D eigenvalue weighted by molar-refractivity contribution is 0.00578. The van der Waals surface area contributed by atoms with Crippen LogP contribution in [0.5, 0.6) is 0 Å². The first-order valence-electron chi connectivity index (χ1n) is 11.4. The molecule has 1 fully saturated rings. The minimum Gasteiger partial charge on any atom is -0.399 e. The summed E-state index contributed by atoms with van der Waals surface area (Å²) in [5.41, 5.74) is 7.11. The van der Waals surface area contributed by atoms with Crippen LogP contribution in [0.1, 0.15) is 27.7 Å². The molecular weight excluding hydrogens is 405 g/mol. The molecule has 3 aromatic carbocycles. The van der Waals surface area contributed by atoms with Gasteiger partial charge < -0.3 is 9.31 Å². The van der Waals surface area contributed by atoms with E-state index in [0.717, 1.165) is 27.8 Å². The largest absolute Gasteiger partial charge is 0.494 e. The van der Waals surface area contributed by atoms with Gasteiger partial charge in [-0.15, -0.1) is 0 Å². The van der Waals surface area contributed by atoms with Crippen molar-refractivity contribution >= 4 is 12.6 Å². The first-order valence-corrected chi connectivity index (χ1v) is 11.4. The van der Waals surface area contributed by atoms with Gasteiger partial charge in [-0.05, 0) is 73.6 Å². The van der Waals surface area contributed by atoms with Crippen molar-refractivity contribution < 1.29 is 9.31 Å². The summed E-state index contributed by atoms with van der Waals surface area (Å²) in [6.45, 7) is 8.33. The van der Waals surface area contributed by atoms with E-state index in [1.165, 1.54) is 11.1 Å². The van der Waals surface area contributed by atoms with Crippen LogP contribution in [-0.4, -0.2) is 23.3 Å². The van der Waals surface area contributed by atoms with Crippen molar-refractivity contribution in [3.8, 4) is 33.5 Å². The smallest absolute Gasteiger partial charge is 0.399 e. The van der Waals surface area contributed by atoms with E-state index in [0.29, 0.717) is 0 Å². The summed E-state index contributed by atoms with van der Waals surface area (Å²) >= 11 is 0. The van der Waals surface area contributed by atoms with Crippen molar-refractivity contribution in [2.24, 2.45) is 0 Å². The topological polar surface area (TPSA) is 31.4 Å². The van der Waals surface area contributed by atoms with Gasteiger partial charge in [0.15, 0.2) is 0 Å². The molecule has 4 heteroatoms. The van der Waals surface area contributed by atoms with E-state index in [4.69, 9.17) is 9.31 Å². The normalized spacial score (nSPS) is 16.7. The van der Waals surface area contributed by atoms with Gasteiger partial charge >= 0.3 is 7.12 Å². The second-order valence-electron chi connectivity index (χ2n) is 9.59. The lowest BCUT2D eigenvalue weighted by Gasteiger charge is -2.32. The van der Waals surface area contributed by atoms with Gasteiger partial charge in [0, 0.05) is 11.8 Å². The molecule has 0 bridgehead atoms. The molecule has 1 aromatic heterocycles. The summed E-state index contributed by atoms with van der Waals surface area (Å²) in [7, 11) is -0.358. The van der Waals surface area contributed by atoms with Gasteiger partial charge in [-0.25, -0.2) is 0 Å².